The highest BCUT2D eigenvalue weighted by Crippen LogP contribution is 2.37. The molecule has 0 unspecified atom stereocenters. The van der Waals surface area contributed by atoms with Crippen molar-refractivity contribution in [2.24, 2.45) is 0 Å². The van der Waals surface area contributed by atoms with Crippen molar-refractivity contribution in [1.82, 2.24) is 0 Å². The predicted octanol–water partition coefficient (Wildman–Crippen LogP) is 4.67. The quantitative estimate of drug-likeness (QED) is 0.338. The molecular weight excluding hydrogens is 407 g/mol. The largest absolute Gasteiger partial charge is 0.503 e. The Balaban J connectivity index is 2.19. The van der Waals surface area contributed by atoms with Crippen LogP contribution >= 0.6 is 23.2 Å². The summed E-state index contributed by atoms with van der Waals surface area (Å²) in [5.74, 6) is -0.321. The Morgan fingerprint density at radius 2 is 1.75 bits per heavy atom. The molecule has 6 nitrogen and oxygen atoms in total. The monoisotopic (exact) mass is 426 g/mol. The van der Waals surface area contributed by atoms with Crippen molar-refractivity contribution >= 4 is 34.7 Å². The van der Waals surface area contributed by atoms with Gasteiger partial charge in [0, 0.05) is 19.2 Å². The summed E-state index contributed by atoms with van der Waals surface area (Å²) in [7, 11) is 2.96. The first-order valence-corrected chi connectivity index (χ1v) is 9.01. The van der Waals surface area contributed by atoms with Crippen LogP contribution in [0.2, 0.25) is 10.0 Å². The topological polar surface area (TPSA) is 74.2 Å². The Morgan fingerprint density at radius 1 is 1.07 bits per heavy atom. The molecular formula is C20H20Cl2O6. The lowest BCUT2D eigenvalue weighted by atomic mass is 10.0. The second kappa shape index (κ2) is 10.8. The Labute approximate surface area is 173 Å². The number of aliphatic carboxylic acids is 1. The molecule has 0 aliphatic rings. The number of benzene rings is 2. The molecule has 0 saturated heterocycles. The van der Waals surface area contributed by atoms with Crippen molar-refractivity contribution in [1.29, 1.82) is 0 Å². The molecule has 0 aliphatic heterocycles. The van der Waals surface area contributed by atoms with Crippen LogP contribution in [0.15, 0.2) is 42.7 Å². The number of ether oxygens (including phenoxy) is 4. The summed E-state index contributed by atoms with van der Waals surface area (Å²) in [6.07, 6.45) is 1.18. The summed E-state index contributed by atoms with van der Waals surface area (Å²) in [6.45, 7) is 0.830. The van der Waals surface area contributed by atoms with Crippen LogP contribution in [0.5, 0.6) is 11.5 Å². The molecule has 2 aromatic carbocycles. The summed E-state index contributed by atoms with van der Waals surface area (Å²) >= 11 is 12.5. The van der Waals surface area contributed by atoms with E-state index in [0.717, 1.165) is 0 Å². The van der Waals surface area contributed by atoms with Crippen LogP contribution in [0.1, 0.15) is 11.1 Å². The second-order valence-electron chi connectivity index (χ2n) is 5.58. The molecule has 2 rings (SSSR count). The molecule has 0 spiro atoms. The van der Waals surface area contributed by atoms with Crippen molar-refractivity contribution in [3.8, 4) is 11.5 Å². The van der Waals surface area contributed by atoms with Gasteiger partial charge < -0.3 is 24.1 Å². The van der Waals surface area contributed by atoms with Crippen LogP contribution in [0.4, 0.5) is 0 Å². The molecule has 0 amide bonds. The first-order valence-electron chi connectivity index (χ1n) is 8.26. The van der Waals surface area contributed by atoms with Crippen LogP contribution in [-0.2, 0) is 20.9 Å². The Bertz CT molecular complexity index is 827. The molecule has 0 radical (unpaired) electrons. The first-order chi connectivity index (χ1) is 13.5. The van der Waals surface area contributed by atoms with Gasteiger partial charge in [-0.05, 0) is 11.1 Å². The van der Waals surface area contributed by atoms with E-state index in [1.165, 1.54) is 13.4 Å². The van der Waals surface area contributed by atoms with Crippen molar-refractivity contribution in [2.75, 3.05) is 27.4 Å². The predicted molar refractivity (Wildman–Crippen MR) is 107 cm³/mol. The van der Waals surface area contributed by atoms with Crippen LogP contribution in [0.3, 0.4) is 0 Å². The lowest BCUT2D eigenvalue weighted by Crippen LogP contribution is -2.06. The van der Waals surface area contributed by atoms with E-state index in [4.69, 9.17) is 42.1 Å². The summed E-state index contributed by atoms with van der Waals surface area (Å²) in [4.78, 5) is 11.5. The zero-order valence-electron chi connectivity index (χ0n) is 15.4. The summed E-state index contributed by atoms with van der Waals surface area (Å²) in [5.41, 5.74) is 1.19. The van der Waals surface area contributed by atoms with E-state index < -0.39 is 5.97 Å². The van der Waals surface area contributed by atoms with Crippen molar-refractivity contribution in [2.45, 2.75) is 6.61 Å². The Hall–Kier alpha value is -2.41. The number of hydrogen-bond donors (Lipinski definition) is 1. The molecule has 0 aromatic heterocycles. The fraction of sp³-hybridized carbons (Fsp3) is 0.250. The molecule has 0 atom stereocenters. The van der Waals surface area contributed by atoms with Gasteiger partial charge in [-0.1, -0.05) is 47.5 Å². The highest BCUT2D eigenvalue weighted by Gasteiger charge is 2.16. The van der Waals surface area contributed by atoms with Gasteiger partial charge >= 0.3 is 5.97 Å². The first kappa shape index (κ1) is 21.9. The highest BCUT2D eigenvalue weighted by molar-refractivity contribution is 6.37. The number of carboxylic acids is 1. The van der Waals surface area contributed by atoms with Gasteiger partial charge in [-0.2, -0.15) is 0 Å². The number of rotatable bonds is 10. The van der Waals surface area contributed by atoms with Crippen LogP contribution in [0, 0.1) is 0 Å². The van der Waals surface area contributed by atoms with E-state index in [9.17, 15) is 9.90 Å². The molecule has 0 aliphatic carbocycles. The summed E-state index contributed by atoms with van der Waals surface area (Å²) in [5, 5.41) is 10.0. The number of carbonyl (C=O) groups is 1. The van der Waals surface area contributed by atoms with Gasteiger partial charge in [-0.3, -0.25) is 0 Å². The third-order valence-electron chi connectivity index (χ3n) is 3.67. The Kier molecular flexibility index (Phi) is 8.44. The van der Waals surface area contributed by atoms with E-state index in [2.05, 4.69) is 0 Å². The van der Waals surface area contributed by atoms with Crippen LogP contribution in [0.25, 0.3) is 5.57 Å². The van der Waals surface area contributed by atoms with Crippen LogP contribution in [-0.4, -0.2) is 38.5 Å². The van der Waals surface area contributed by atoms with Crippen molar-refractivity contribution < 1.29 is 28.8 Å². The van der Waals surface area contributed by atoms with Gasteiger partial charge in [0.1, 0.15) is 24.5 Å². The molecule has 0 fully saturated rings. The molecule has 150 valence electrons. The molecule has 0 saturated carbocycles. The van der Waals surface area contributed by atoms with Gasteiger partial charge in [-0.25, -0.2) is 4.79 Å². The van der Waals surface area contributed by atoms with Gasteiger partial charge in [0.25, 0.3) is 0 Å². The standard InChI is InChI=1S/C20H20Cl2O6/c1-25-7-8-27-19-17(21)9-14(10-18(19)22)28-11-13-5-3-4-6-15(13)16(12-26-2)20(23)24/h3-6,9-10,12H,7-8,11H2,1-2H3,(H,23,24)/b16-12+. The van der Waals surface area contributed by atoms with Crippen molar-refractivity contribution in [3.63, 3.8) is 0 Å². The minimum absolute atomic E-state index is 0.0275. The molecule has 28 heavy (non-hydrogen) atoms. The maximum Gasteiger partial charge on any atom is 0.339 e. The van der Waals surface area contributed by atoms with E-state index in [1.54, 1.807) is 43.5 Å². The molecule has 0 bridgehead atoms. The number of carboxylic acid groups (broad SMARTS) is 1. The zero-order valence-corrected chi connectivity index (χ0v) is 16.9. The average molecular weight is 427 g/mol. The second-order valence-corrected chi connectivity index (χ2v) is 6.39. The number of halogens is 2. The highest BCUT2D eigenvalue weighted by atomic mass is 35.5. The minimum atomic E-state index is -1.10. The van der Waals surface area contributed by atoms with E-state index in [1.807, 2.05) is 0 Å². The van der Waals surface area contributed by atoms with E-state index in [-0.39, 0.29) is 12.2 Å². The third kappa shape index (κ3) is 5.79. The summed E-state index contributed by atoms with van der Waals surface area (Å²) < 4.78 is 21.1. The average Bonchev–Trinajstić information content (AvgIpc) is 2.67. The maximum absolute atomic E-state index is 11.5. The van der Waals surface area contributed by atoms with E-state index in [0.29, 0.717) is 45.9 Å². The Morgan fingerprint density at radius 3 is 2.36 bits per heavy atom. The molecule has 0 heterocycles. The van der Waals surface area contributed by atoms with Crippen molar-refractivity contribution in [3.05, 3.63) is 63.8 Å². The van der Waals surface area contributed by atoms with Crippen LogP contribution < -0.4 is 9.47 Å². The van der Waals surface area contributed by atoms with E-state index >= 15 is 0 Å². The SMILES string of the molecule is CO/C=C(/C(=O)O)c1ccccc1COc1cc(Cl)c(OCCOC)c(Cl)c1. The number of methoxy groups -OCH3 is 2. The van der Waals surface area contributed by atoms with Gasteiger partial charge in [0.15, 0.2) is 5.75 Å². The van der Waals surface area contributed by atoms with Gasteiger partial charge in [0.05, 0.1) is 30.0 Å². The fourth-order valence-electron chi connectivity index (χ4n) is 2.40. The third-order valence-corrected chi connectivity index (χ3v) is 4.24. The minimum Gasteiger partial charge on any atom is -0.503 e. The molecule has 8 heteroatoms. The fourth-order valence-corrected chi connectivity index (χ4v) is 2.98. The molecule has 1 N–H and O–H groups in total. The van der Waals surface area contributed by atoms with Gasteiger partial charge in [-0.15, -0.1) is 0 Å². The maximum atomic E-state index is 11.5. The summed E-state index contributed by atoms with van der Waals surface area (Å²) in [6, 6.07) is 10.2. The lowest BCUT2D eigenvalue weighted by molar-refractivity contribution is -0.130. The lowest BCUT2D eigenvalue weighted by Gasteiger charge is -2.14. The van der Waals surface area contributed by atoms with Gasteiger partial charge in [0.2, 0.25) is 0 Å². The smallest absolute Gasteiger partial charge is 0.339 e. The molecule has 2 aromatic rings. The zero-order chi connectivity index (χ0) is 20.5. The normalized spacial score (nSPS) is 11.2. The number of hydrogen-bond acceptors (Lipinski definition) is 5.